The fourth-order valence-electron chi connectivity index (χ4n) is 3.95. The third-order valence-electron chi connectivity index (χ3n) is 5.79. The van der Waals surface area contributed by atoms with E-state index in [2.05, 4.69) is 6.07 Å². The summed E-state index contributed by atoms with van der Waals surface area (Å²) in [7, 11) is 0. The Bertz CT molecular complexity index is 1170. The minimum atomic E-state index is -1.19. The van der Waals surface area contributed by atoms with Crippen molar-refractivity contribution < 1.29 is 29.2 Å². The van der Waals surface area contributed by atoms with Crippen molar-refractivity contribution in [2.45, 2.75) is 31.3 Å². The Morgan fingerprint density at radius 3 is 2.52 bits per heavy atom. The van der Waals surface area contributed by atoms with Crippen molar-refractivity contribution in [2.75, 3.05) is 6.61 Å². The number of aliphatic hydroxyl groups excluding tert-OH is 3. The molecule has 1 aromatic heterocycles. The average molecular weight is 440 g/mol. The second kappa shape index (κ2) is 7.46. The molecule has 0 radical (unpaired) electrons. The maximum absolute atomic E-state index is 13.2. The third kappa shape index (κ3) is 3.43. The number of fused-ring (bicyclic) bond motifs is 1. The number of epoxide rings is 1. The summed E-state index contributed by atoms with van der Waals surface area (Å²) >= 11 is 1.65. The first kappa shape index (κ1) is 20.2. The number of hydrogen-bond donors (Lipinski definition) is 3. The van der Waals surface area contributed by atoms with Crippen molar-refractivity contribution in [2.24, 2.45) is 0 Å². The van der Waals surface area contributed by atoms with Gasteiger partial charge in [0.05, 0.1) is 6.61 Å². The molecule has 31 heavy (non-hydrogen) atoms. The quantitative estimate of drug-likeness (QED) is 0.500. The van der Waals surface area contributed by atoms with Crippen LogP contribution >= 0.6 is 11.3 Å². The summed E-state index contributed by atoms with van der Waals surface area (Å²) in [6.45, 7) is 1.56. The van der Waals surface area contributed by atoms with Crippen LogP contribution in [-0.4, -0.2) is 34.1 Å². The van der Waals surface area contributed by atoms with Crippen molar-refractivity contribution in [1.29, 1.82) is 0 Å². The summed E-state index contributed by atoms with van der Waals surface area (Å²) in [5.41, 5.74) is 3.89. The zero-order valence-corrected chi connectivity index (χ0v) is 17.5. The molecular weight excluding hydrogens is 419 g/mol. The molecule has 0 bridgehead atoms. The van der Waals surface area contributed by atoms with Crippen LogP contribution in [0.2, 0.25) is 0 Å². The predicted molar refractivity (Wildman–Crippen MR) is 114 cm³/mol. The number of rotatable bonds is 5. The molecule has 5 nitrogen and oxygen atoms in total. The molecule has 1 saturated heterocycles. The van der Waals surface area contributed by atoms with E-state index in [1.165, 1.54) is 12.1 Å². The Labute approximate surface area is 182 Å². The van der Waals surface area contributed by atoms with Gasteiger partial charge in [0.15, 0.2) is 17.6 Å². The van der Waals surface area contributed by atoms with Crippen LogP contribution < -0.4 is 0 Å². The zero-order chi connectivity index (χ0) is 21.8. The van der Waals surface area contributed by atoms with Crippen LogP contribution in [0.1, 0.15) is 21.6 Å². The van der Waals surface area contributed by atoms with Gasteiger partial charge in [-0.05, 0) is 53.9 Å². The van der Waals surface area contributed by atoms with Gasteiger partial charge in [0, 0.05) is 21.7 Å². The minimum Gasteiger partial charge on any atom is -0.506 e. The molecule has 0 spiro atoms. The second-order valence-corrected chi connectivity index (χ2v) is 8.98. The van der Waals surface area contributed by atoms with Crippen LogP contribution in [0.4, 0.5) is 4.39 Å². The molecule has 2 aliphatic heterocycles. The summed E-state index contributed by atoms with van der Waals surface area (Å²) in [6.07, 6.45) is -1.11. The van der Waals surface area contributed by atoms with Gasteiger partial charge in [0.1, 0.15) is 11.9 Å². The lowest BCUT2D eigenvalue weighted by Gasteiger charge is -2.26. The largest absolute Gasteiger partial charge is 0.506 e. The maximum atomic E-state index is 13.2. The Kier molecular flexibility index (Phi) is 4.86. The van der Waals surface area contributed by atoms with Crippen molar-refractivity contribution in [1.82, 2.24) is 0 Å². The summed E-state index contributed by atoms with van der Waals surface area (Å²) in [6, 6.07) is 16.4. The zero-order valence-electron chi connectivity index (χ0n) is 16.7. The SMILES string of the molecule is Cc1ccc([C@]23OC(CO)C(O)=C(O)C2O3)cc1Cc1ccc(-c2ccc(F)cc2)s1. The molecule has 2 aromatic carbocycles. The van der Waals surface area contributed by atoms with Crippen LogP contribution in [0.5, 0.6) is 0 Å². The lowest BCUT2D eigenvalue weighted by atomic mass is 9.95. The molecule has 3 heterocycles. The van der Waals surface area contributed by atoms with E-state index < -0.39 is 24.6 Å². The van der Waals surface area contributed by atoms with Gasteiger partial charge in [0.25, 0.3) is 0 Å². The normalized spacial score (nSPS) is 24.9. The summed E-state index contributed by atoms with van der Waals surface area (Å²) in [4.78, 5) is 2.23. The molecular formula is C24H21FO5S. The average Bonchev–Trinajstić information content (AvgIpc) is 3.34. The first-order valence-electron chi connectivity index (χ1n) is 9.94. The molecule has 1 fully saturated rings. The maximum Gasteiger partial charge on any atom is 0.231 e. The fourth-order valence-corrected chi connectivity index (χ4v) is 4.99. The van der Waals surface area contributed by atoms with Gasteiger partial charge in [-0.2, -0.15) is 0 Å². The Balaban J connectivity index is 1.41. The van der Waals surface area contributed by atoms with E-state index in [1.807, 2.05) is 31.2 Å². The highest BCUT2D eigenvalue weighted by atomic mass is 32.1. The van der Waals surface area contributed by atoms with Crippen molar-refractivity contribution >= 4 is 11.3 Å². The molecule has 5 rings (SSSR count). The smallest absolute Gasteiger partial charge is 0.231 e. The fraction of sp³-hybridized carbons (Fsp3) is 0.250. The molecule has 7 heteroatoms. The standard InChI is InChI=1S/C24H21FO5S/c1-13-2-5-16(24-23(30-24)22(28)21(27)19(12-26)29-24)10-15(13)11-18-8-9-20(31-18)14-3-6-17(25)7-4-14/h2-10,19,23,26-28H,11-12H2,1H3/t19?,23?,24-/m1/s1. The Morgan fingerprint density at radius 2 is 1.77 bits per heavy atom. The minimum absolute atomic E-state index is 0.254. The number of hydrogen-bond acceptors (Lipinski definition) is 6. The number of aryl methyl sites for hydroxylation is 1. The Morgan fingerprint density at radius 1 is 1.00 bits per heavy atom. The number of aliphatic hydroxyl groups is 3. The van der Waals surface area contributed by atoms with Gasteiger partial charge < -0.3 is 24.8 Å². The number of ether oxygens (including phenoxy) is 2. The summed E-state index contributed by atoms with van der Waals surface area (Å²) in [5, 5.41) is 29.6. The first-order valence-corrected chi connectivity index (χ1v) is 10.8. The molecule has 2 unspecified atom stereocenters. The highest BCUT2D eigenvalue weighted by Crippen LogP contribution is 2.55. The molecule has 3 atom stereocenters. The van der Waals surface area contributed by atoms with Gasteiger partial charge in [-0.15, -0.1) is 11.3 Å². The van der Waals surface area contributed by atoms with Gasteiger partial charge >= 0.3 is 0 Å². The van der Waals surface area contributed by atoms with Crippen LogP contribution in [-0.2, 0) is 21.7 Å². The molecule has 160 valence electrons. The number of halogens is 1. The van der Waals surface area contributed by atoms with Crippen LogP contribution in [0.15, 0.2) is 66.1 Å². The van der Waals surface area contributed by atoms with E-state index in [0.717, 1.165) is 32.0 Å². The summed E-state index contributed by atoms with van der Waals surface area (Å²) < 4.78 is 24.7. The predicted octanol–water partition coefficient (Wildman–Crippen LogP) is 4.72. The van der Waals surface area contributed by atoms with E-state index in [-0.39, 0.29) is 17.3 Å². The molecule has 0 amide bonds. The van der Waals surface area contributed by atoms with E-state index in [9.17, 15) is 19.7 Å². The van der Waals surface area contributed by atoms with Gasteiger partial charge in [-0.25, -0.2) is 4.39 Å². The van der Waals surface area contributed by atoms with E-state index in [1.54, 1.807) is 23.5 Å². The van der Waals surface area contributed by atoms with Crippen molar-refractivity contribution in [3.63, 3.8) is 0 Å². The lowest BCUT2D eigenvalue weighted by Crippen LogP contribution is -2.35. The molecule has 2 aliphatic rings. The van der Waals surface area contributed by atoms with Crippen LogP contribution in [0.3, 0.4) is 0 Å². The molecule has 0 saturated carbocycles. The van der Waals surface area contributed by atoms with Crippen molar-refractivity contribution in [3.8, 4) is 10.4 Å². The number of thiophene rings is 1. The topological polar surface area (TPSA) is 82.5 Å². The monoisotopic (exact) mass is 440 g/mol. The molecule has 3 aromatic rings. The Hall–Kier alpha value is -2.71. The first-order chi connectivity index (χ1) is 14.9. The van der Waals surface area contributed by atoms with E-state index >= 15 is 0 Å². The third-order valence-corrected chi connectivity index (χ3v) is 6.92. The number of benzene rings is 2. The van der Waals surface area contributed by atoms with Crippen LogP contribution in [0, 0.1) is 12.7 Å². The van der Waals surface area contributed by atoms with Crippen LogP contribution in [0.25, 0.3) is 10.4 Å². The second-order valence-electron chi connectivity index (χ2n) is 7.82. The van der Waals surface area contributed by atoms with E-state index in [4.69, 9.17) is 9.47 Å². The lowest BCUT2D eigenvalue weighted by molar-refractivity contribution is -0.114. The van der Waals surface area contributed by atoms with Gasteiger partial charge in [-0.3, -0.25) is 0 Å². The molecule has 3 N–H and O–H groups in total. The highest BCUT2D eigenvalue weighted by molar-refractivity contribution is 7.15. The van der Waals surface area contributed by atoms with E-state index in [0.29, 0.717) is 6.42 Å². The summed E-state index contributed by atoms with van der Waals surface area (Å²) in [5.74, 6) is -2.13. The highest BCUT2D eigenvalue weighted by Gasteiger charge is 2.67. The molecule has 0 aliphatic carbocycles. The van der Waals surface area contributed by atoms with Gasteiger partial charge in [0.2, 0.25) is 5.79 Å². The van der Waals surface area contributed by atoms with Gasteiger partial charge in [-0.1, -0.05) is 24.3 Å². The van der Waals surface area contributed by atoms with Crippen molar-refractivity contribution in [3.05, 3.63) is 93.5 Å².